The van der Waals surface area contributed by atoms with E-state index >= 15 is 0 Å². The number of nitrogens with zero attached hydrogens (tertiary/aromatic N) is 3. The summed E-state index contributed by atoms with van der Waals surface area (Å²) in [5.41, 5.74) is 6.65. The van der Waals surface area contributed by atoms with Gasteiger partial charge in [-0.25, -0.2) is 14.4 Å². The number of halogens is 1. The van der Waals surface area contributed by atoms with Gasteiger partial charge in [0.2, 0.25) is 17.6 Å². The second kappa shape index (κ2) is 11.7. The van der Waals surface area contributed by atoms with E-state index in [9.17, 15) is 23.6 Å². The van der Waals surface area contributed by atoms with Crippen LogP contribution in [0.3, 0.4) is 0 Å². The monoisotopic (exact) mass is 553 g/mol. The summed E-state index contributed by atoms with van der Waals surface area (Å²) in [7, 11) is 0. The van der Waals surface area contributed by atoms with Gasteiger partial charge in [-0.1, -0.05) is 42.5 Å². The van der Waals surface area contributed by atoms with Crippen LogP contribution in [0, 0.1) is 5.82 Å². The molecule has 0 aliphatic carbocycles. The summed E-state index contributed by atoms with van der Waals surface area (Å²) in [4.78, 5) is 60.3. The molecule has 0 spiro atoms. The third-order valence-corrected chi connectivity index (χ3v) is 6.33. The van der Waals surface area contributed by atoms with Crippen molar-refractivity contribution in [2.75, 3.05) is 0 Å². The van der Waals surface area contributed by atoms with E-state index in [1.54, 1.807) is 24.3 Å². The van der Waals surface area contributed by atoms with Crippen LogP contribution >= 0.6 is 0 Å². The van der Waals surface area contributed by atoms with Crippen LogP contribution < -0.4 is 16.6 Å². The number of para-hydroxylation sites is 2. The molecular weight excluding hydrogens is 529 g/mol. The topological polar surface area (TPSA) is 150 Å². The Morgan fingerprint density at radius 2 is 1.68 bits per heavy atom. The number of oxazole rings is 1. The number of nitrogens with one attached hydrogen (secondary N) is 1. The first kappa shape index (κ1) is 27.1. The van der Waals surface area contributed by atoms with Crippen LogP contribution in [0.2, 0.25) is 0 Å². The first-order valence-electron chi connectivity index (χ1n) is 12.6. The van der Waals surface area contributed by atoms with Crippen LogP contribution in [-0.2, 0) is 29.0 Å². The van der Waals surface area contributed by atoms with E-state index in [4.69, 9.17) is 10.2 Å². The zero-order valence-electron chi connectivity index (χ0n) is 21.6. The fourth-order valence-electron chi connectivity index (χ4n) is 4.39. The number of fused-ring (bicyclic) bond motifs is 1. The average Bonchev–Trinajstić information content (AvgIpc) is 3.40. The minimum atomic E-state index is -1.08. The lowest BCUT2D eigenvalue weighted by atomic mass is 10.0. The van der Waals surface area contributed by atoms with Gasteiger partial charge in [0.1, 0.15) is 29.7 Å². The molecule has 0 bridgehead atoms. The number of amides is 2. The minimum Gasteiger partial charge on any atom is -0.434 e. The van der Waals surface area contributed by atoms with Crippen LogP contribution in [0.1, 0.15) is 21.8 Å². The molecule has 5 rings (SSSR count). The second-order valence-electron chi connectivity index (χ2n) is 9.31. The van der Waals surface area contributed by atoms with E-state index in [-0.39, 0.29) is 30.1 Å². The molecular formula is C30H24FN5O5. The second-order valence-corrected chi connectivity index (χ2v) is 9.31. The maximum atomic E-state index is 13.6. The van der Waals surface area contributed by atoms with Crippen molar-refractivity contribution >= 4 is 28.7 Å². The Labute approximate surface area is 232 Å². The van der Waals surface area contributed by atoms with E-state index in [0.29, 0.717) is 16.7 Å². The summed E-state index contributed by atoms with van der Waals surface area (Å²) >= 11 is 0. The lowest BCUT2D eigenvalue weighted by molar-refractivity contribution is -0.122. The maximum Gasteiger partial charge on any atom is 0.266 e. The predicted molar refractivity (Wildman–Crippen MR) is 147 cm³/mol. The molecule has 0 saturated carbocycles. The van der Waals surface area contributed by atoms with E-state index in [1.165, 1.54) is 30.5 Å². The van der Waals surface area contributed by atoms with Crippen LogP contribution in [0.15, 0.2) is 94.3 Å². The SMILES string of the molecule is NC(=O)Cc1cnc(-c2ccc(F)cc2)n(CC(=O)NC(Cc2ccccc2)C(=O)c2nc3ccccc3o2)c1=O. The highest BCUT2D eigenvalue weighted by Gasteiger charge is 2.28. The third kappa shape index (κ3) is 6.25. The predicted octanol–water partition coefficient (Wildman–Crippen LogP) is 2.83. The molecule has 0 aliphatic heterocycles. The Kier molecular flexibility index (Phi) is 7.77. The van der Waals surface area contributed by atoms with Crippen LogP contribution in [0.5, 0.6) is 0 Å². The standard InChI is InChI=1S/C30H24FN5O5/c31-21-12-10-19(11-13-21)28-33-16-20(15-25(32)37)30(40)36(28)17-26(38)34-23(14-18-6-2-1-3-7-18)27(39)29-35-22-8-4-5-9-24(22)41-29/h1-13,16,23H,14-15,17H2,(H2,32,37)(H,34,38). The van der Waals surface area contributed by atoms with Gasteiger partial charge in [-0.05, 0) is 42.0 Å². The summed E-state index contributed by atoms with van der Waals surface area (Å²) in [6, 6.07) is 20.1. The van der Waals surface area contributed by atoms with Gasteiger partial charge in [-0.3, -0.25) is 23.7 Å². The number of benzene rings is 3. The van der Waals surface area contributed by atoms with Gasteiger partial charge in [0.25, 0.3) is 11.4 Å². The van der Waals surface area contributed by atoms with E-state index in [2.05, 4.69) is 15.3 Å². The fraction of sp³-hybridized carbons (Fsp3) is 0.133. The van der Waals surface area contributed by atoms with Crippen molar-refractivity contribution in [2.24, 2.45) is 5.73 Å². The molecule has 41 heavy (non-hydrogen) atoms. The van der Waals surface area contributed by atoms with Crippen molar-refractivity contribution in [2.45, 2.75) is 25.4 Å². The molecule has 2 amide bonds. The Hall–Kier alpha value is -5.45. The van der Waals surface area contributed by atoms with Crippen molar-refractivity contribution in [3.8, 4) is 11.4 Å². The molecule has 10 nitrogen and oxygen atoms in total. The number of hydrogen-bond acceptors (Lipinski definition) is 7. The molecule has 3 N–H and O–H groups in total. The van der Waals surface area contributed by atoms with Gasteiger partial charge in [-0.2, -0.15) is 0 Å². The zero-order chi connectivity index (χ0) is 28.9. The molecule has 2 heterocycles. The van der Waals surface area contributed by atoms with Crippen LogP contribution in [0.25, 0.3) is 22.5 Å². The molecule has 3 aromatic carbocycles. The zero-order valence-corrected chi connectivity index (χ0v) is 21.6. The first-order chi connectivity index (χ1) is 19.8. The number of Topliss-reactive ketones (excluding diaryl/α,β-unsaturated/α-hetero) is 1. The maximum absolute atomic E-state index is 13.6. The van der Waals surface area contributed by atoms with Crippen molar-refractivity contribution in [3.63, 3.8) is 0 Å². The van der Waals surface area contributed by atoms with Gasteiger partial charge in [0, 0.05) is 23.7 Å². The Bertz CT molecular complexity index is 1770. The Morgan fingerprint density at radius 1 is 0.976 bits per heavy atom. The fourth-order valence-corrected chi connectivity index (χ4v) is 4.39. The van der Waals surface area contributed by atoms with Crippen LogP contribution in [-0.4, -0.2) is 38.2 Å². The molecule has 11 heteroatoms. The van der Waals surface area contributed by atoms with Crippen LogP contribution in [0.4, 0.5) is 4.39 Å². The van der Waals surface area contributed by atoms with Crippen molar-refractivity contribution in [3.05, 3.63) is 118 Å². The molecule has 1 atom stereocenters. The van der Waals surface area contributed by atoms with E-state index < -0.39 is 41.6 Å². The number of primary amides is 1. The average molecular weight is 554 g/mol. The van der Waals surface area contributed by atoms with Crippen molar-refractivity contribution in [1.29, 1.82) is 0 Å². The summed E-state index contributed by atoms with van der Waals surface area (Å²) in [6.45, 7) is -0.544. The molecule has 2 aromatic heterocycles. The highest BCUT2D eigenvalue weighted by Crippen LogP contribution is 2.19. The lowest BCUT2D eigenvalue weighted by Gasteiger charge is -2.18. The number of carbonyl (C=O) groups excluding carboxylic acids is 3. The molecule has 5 aromatic rings. The van der Waals surface area contributed by atoms with Crippen molar-refractivity contribution in [1.82, 2.24) is 19.9 Å². The Balaban J connectivity index is 1.47. The number of rotatable bonds is 10. The van der Waals surface area contributed by atoms with Gasteiger partial charge >= 0.3 is 0 Å². The molecule has 0 fully saturated rings. The first-order valence-corrected chi connectivity index (χ1v) is 12.6. The smallest absolute Gasteiger partial charge is 0.266 e. The highest BCUT2D eigenvalue weighted by atomic mass is 19.1. The summed E-state index contributed by atoms with van der Waals surface area (Å²) < 4.78 is 20.3. The number of ketones is 1. The molecule has 206 valence electrons. The highest BCUT2D eigenvalue weighted by molar-refractivity contribution is 6.00. The summed E-state index contributed by atoms with van der Waals surface area (Å²) in [5, 5.41) is 2.70. The summed E-state index contributed by atoms with van der Waals surface area (Å²) in [5.74, 6) is -2.57. The largest absolute Gasteiger partial charge is 0.434 e. The number of hydrogen-bond donors (Lipinski definition) is 2. The number of aromatic nitrogens is 3. The van der Waals surface area contributed by atoms with Gasteiger partial charge < -0.3 is 15.5 Å². The normalized spacial score (nSPS) is 11.7. The number of carbonyl (C=O) groups is 3. The van der Waals surface area contributed by atoms with Gasteiger partial charge in [0.05, 0.1) is 6.42 Å². The van der Waals surface area contributed by atoms with Crippen molar-refractivity contribution < 1.29 is 23.2 Å². The minimum absolute atomic E-state index is 0.0143. The molecule has 0 saturated heterocycles. The van der Waals surface area contributed by atoms with E-state index in [1.807, 2.05) is 30.3 Å². The molecule has 0 aliphatic rings. The van der Waals surface area contributed by atoms with E-state index in [0.717, 1.165) is 10.1 Å². The molecule has 0 radical (unpaired) electrons. The van der Waals surface area contributed by atoms with Gasteiger partial charge in [-0.15, -0.1) is 0 Å². The summed E-state index contributed by atoms with van der Waals surface area (Å²) in [6.07, 6.45) is 0.947. The third-order valence-electron chi connectivity index (χ3n) is 6.33. The molecule has 1 unspecified atom stereocenters. The quantitative estimate of drug-likeness (QED) is 0.253. The van der Waals surface area contributed by atoms with Gasteiger partial charge in [0.15, 0.2) is 5.58 Å². The number of nitrogens with two attached hydrogens (primary N) is 1. The Morgan fingerprint density at radius 3 is 2.39 bits per heavy atom. The lowest BCUT2D eigenvalue weighted by Crippen LogP contribution is -2.45.